The van der Waals surface area contributed by atoms with Gasteiger partial charge in [0.15, 0.2) is 0 Å². The summed E-state index contributed by atoms with van der Waals surface area (Å²) in [7, 11) is 1.73. The van der Waals surface area contributed by atoms with Crippen molar-refractivity contribution in [3.8, 4) is 0 Å². The second-order valence-electron chi connectivity index (χ2n) is 2.74. The van der Waals surface area contributed by atoms with E-state index in [2.05, 4.69) is 9.98 Å². The third kappa shape index (κ3) is 2.47. The summed E-state index contributed by atoms with van der Waals surface area (Å²) in [4.78, 5) is 8.42. The first kappa shape index (κ1) is 9.58. The average Bonchev–Trinajstić information content (AvgIpc) is 2.14. The zero-order valence-corrected chi connectivity index (χ0v) is 7.91. The van der Waals surface area contributed by atoms with E-state index in [4.69, 9.17) is 5.41 Å². The van der Waals surface area contributed by atoms with Gasteiger partial charge in [0.2, 0.25) is 0 Å². The van der Waals surface area contributed by atoms with Gasteiger partial charge in [-0.05, 0) is 19.1 Å². The molecule has 0 aliphatic carbocycles. The SMILES string of the molecule is CN=C(CC=N)c1cccc(C)n1. The van der Waals surface area contributed by atoms with Crippen molar-refractivity contribution in [2.45, 2.75) is 13.3 Å². The number of nitrogens with one attached hydrogen (secondary N) is 1. The Bertz CT molecular complexity index is 329. The first-order valence-corrected chi connectivity index (χ1v) is 4.16. The van der Waals surface area contributed by atoms with Crippen LogP contribution in [0.15, 0.2) is 23.2 Å². The monoisotopic (exact) mass is 175 g/mol. The van der Waals surface area contributed by atoms with Crippen LogP contribution in [0, 0.1) is 12.3 Å². The predicted octanol–water partition coefficient (Wildman–Crippen LogP) is 1.85. The van der Waals surface area contributed by atoms with Crippen LogP contribution in [-0.4, -0.2) is 24.0 Å². The Morgan fingerprint density at radius 1 is 1.62 bits per heavy atom. The fourth-order valence-electron chi connectivity index (χ4n) is 1.11. The molecule has 0 amide bonds. The maximum Gasteiger partial charge on any atom is 0.0846 e. The predicted molar refractivity (Wildman–Crippen MR) is 54.8 cm³/mol. The zero-order chi connectivity index (χ0) is 9.68. The molecule has 0 fully saturated rings. The largest absolute Gasteiger partial charge is 0.313 e. The highest BCUT2D eigenvalue weighted by atomic mass is 14.8. The standard InChI is InChI=1S/C10H13N3/c1-8-4-3-5-10(13-8)9(12-2)6-7-11/h3-5,7,11H,6H2,1-2H3. The summed E-state index contributed by atoms with van der Waals surface area (Å²) >= 11 is 0. The molecule has 0 aromatic carbocycles. The molecule has 0 saturated carbocycles. The van der Waals surface area contributed by atoms with Gasteiger partial charge in [-0.2, -0.15) is 0 Å². The molecule has 1 aromatic heterocycles. The van der Waals surface area contributed by atoms with Crippen molar-refractivity contribution in [3.05, 3.63) is 29.6 Å². The number of pyridine rings is 1. The zero-order valence-electron chi connectivity index (χ0n) is 7.91. The molecule has 0 spiro atoms. The first-order valence-electron chi connectivity index (χ1n) is 4.16. The number of aromatic nitrogens is 1. The highest BCUT2D eigenvalue weighted by Crippen LogP contribution is 2.02. The molecule has 1 N–H and O–H groups in total. The van der Waals surface area contributed by atoms with Crippen LogP contribution in [-0.2, 0) is 0 Å². The van der Waals surface area contributed by atoms with Crippen LogP contribution < -0.4 is 0 Å². The minimum absolute atomic E-state index is 0.549. The minimum Gasteiger partial charge on any atom is -0.313 e. The van der Waals surface area contributed by atoms with Gasteiger partial charge in [0.25, 0.3) is 0 Å². The molecule has 3 heteroatoms. The molecule has 68 valence electrons. The van der Waals surface area contributed by atoms with Gasteiger partial charge in [-0.3, -0.25) is 9.98 Å². The molecule has 1 heterocycles. The van der Waals surface area contributed by atoms with E-state index in [1.807, 2.05) is 25.1 Å². The molecule has 1 aromatic rings. The van der Waals surface area contributed by atoms with Crippen LogP contribution in [0.5, 0.6) is 0 Å². The molecular weight excluding hydrogens is 162 g/mol. The van der Waals surface area contributed by atoms with Gasteiger partial charge in [-0.25, -0.2) is 0 Å². The van der Waals surface area contributed by atoms with Crippen LogP contribution >= 0.6 is 0 Å². The van der Waals surface area contributed by atoms with Gasteiger partial charge < -0.3 is 5.41 Å². The van der Waals surface area contributed by atoms with Crippen molar-refractivity contribution in [1.29, 1.82) is 5.41 Å². The Morgan fingerprint density at radius 3 is 2.92 bits per heavy atom. The number of hydrogen-bond acceptors (Lipinski definition) is 3. The van der Waals surface area contributed by atoms with Crippen LogP contribution in [0.3, 0.4) is 0 Å². The Kier molecular flexibility index (Phi) is 3.31. The molecule has 0 aliphatic rings. The summed E-state index contributed by atoms with van der Waals surface area (Å²) in [6.45, 7) is 1.95. The lowest BCUT2D eigenvalue weighted by Gasteiger charge is -2.01. The normalized spacial score (nSPS) is 11.4. The lowest BCUT2D eigenvalue weighted by molar-refractivity contribution is 1.16. The van der Waals surface area contributed by atoms with E-state index in [1.54, 1.807) is 7.05 Å². The van der Waals surface area contributed by atoms with Crippen molar-refractivity contribution in [2.75, 3.05) is 7.05 Å². The third-order valence-corrected chi connectivity index (χ3v) is 1.75. The summed E-state index contributed by atoms with van der Waals surface area (Å²) in [6.07, 6.45) is 1.89. The molecular formula is C10H13N3. The van der Waals surface area contributed by atoms with Crippen LogP contribution in [0.25, 0.3) is 0 Å². The Balaban J connectivity index is 2.98. The Hall–Kier alpha value is -1.51. The van der Waals surface area contributed by atoms with Crippen molar-refractivity contribution >= 4 is 11.9 Å². The smallest absolute Gasteiger partial charge is 0.0846 e. The van der Waals surface area contributed by atoms with E-state index in [0.717, 1.165) is 17.1 Å². The fourth-order valence-corrected chi connectivity index (χ4v) is 1.11. The van der Waals surface area contributed by atoms with Crippen molar-refractivity contribution in [3.63, 3.8) is 0 Å². The molecule has 0 radical (unpaired) electrons. The highest BCUT2D eigenvalue weighted by Gasteiger charge is 2.01. The number of nitrogens with zero attached hydrogens (tertiary/aromatic N) is 2. The van der Waals surface area contributed by atoms with Gasteiger partial charge in [-0.15, -0.1) is 0 Å². The second kappa shape index (κ2) is 4.50. The maximum absolute atomic E-state index is 7.01. The van der Waals surface area contributed by atoms with Gasteiger partial charge in [0.1, 0.15) is 0 Å². The Labute approximate surface area is 78.1 Å². The van der Waals surface area contributed by atoms with E-state index >= 15 is 0 Å². The number of rotatable bonds is 3. The topological polar surface area (TPSA) is 49.1 Å². The highest BCUT2D eigenvalue weighted by molar-refractivity contribution is 6.05. The van der Waals surface area contributed by atoms with E-state index in [9.17, 15) is 0 Å². The summed E-state index contributed by atoms with van der Waals surface area (Å²) in [5, 5.41) is 7.01. The molecule has 0 bridgehead atoms. The van der Waals surface area contributed by atoms with Crippen LogP contribution in [0.4, 0.5) is 0 Å². The van der Waals surface area contributed by atoms with Crippen molar-refractivity contribution in [1.82, 2.24) is 4.98 Å². The van der Waals surface area contributed by atoms with E-state index in [0.29, 0.717) is 6.42 Å². The summed E-state index contributed by atoms with van der Waals surface area (Å²) in [5.41, 5.74) is 2.70. The number of hydrogen-bond donors (Lipinski definition) is 1. The number of aryl methyl sites for hydroxylation is 1. The maximum atomic E-state index is 7.01. The van der Waals surface area contributed by atoms with Gasteiger partial charge >= 0.3 is 0 Å². The van der Waals surface area contributed by atoms with E-state index in [-0.39, 0.29) is 0 Å². The molecule has 0 unspecified atom stereocenters. The molecule has 13 heavy (non-hydrogen) atoms. The molecule has 3 nitrogen and oxygen atoms in total. The van der Waals surface area contributed by atoms with Gasteiger partial charge in [-0.1, -0.05) is 6.07 Å². The average molecular weight is 175 g/mol. The molecule has 0 aliphatic heterocycles. The molecule has 0 atom stereocenters. The Morgan fingerprint density at radius 2 is 2.38 bits per heavy atom. The van der Waals surface area contributed by atoms with Crippen molar-refractivity contribution < 1.29 is 0 Å². The minimum atomic E-state index is 0.549. The summed E-state index contributed by atoms with van der Waals surface area (Å²) in [6, 6.07) is 5.81. The number of aliphatic imine (C=N–C) groups is 1. The van der Waals surface area contributed by atoms with Crippen LogP contribution in [0.1, 0.15) is 17.8 Å². The molecule has 1 rings (SSSR count). The van der Waals surface area contributed by atoms with Crippen molar-refractivity contribution in [2.24, 2.45) is 4.99 Å². The first-order chi connectivity index (χ1) is 6.27. The third-order valence-electron chi connectivity index (χ3n) is 1.75. The summed E-state index contributed by atoms with van der Waals surface area (Å²) in [5.74, 6) is 0. The van der Waals surface area contributed by atoms with Gasteiger partial charge in [0, 0.05) is 25.4 Å². The lowest BCUT2D eigenvalue weighted by Crippen LogP contribution is -2.04. The quantitative estimate of drug-likeness (QED) is 0.700. The second-order valence-corrected chi connectivity index (χ2v) is 2.74. The van der Waals surface area contributed by atoms with Crippen LogP contribution in [0.2, 0.25) is 0 Å². The summed E-state index contributed by atoms with van der Waals surface area (Å²) < 4.78 is 0. The van der Waals surface area contributed by atoms with Gasteiger partial charge in [0.05, 0.1) is 11.4 Å². The fraction of sp³-hybridized carbons (Fsp3) is 0.300. The molecule has 0 saturated heterocycles. The lowest BCUT2D eigenvalue weighted by atomic mass is 10.2. The van der Waals surface area contributed by atoms with E-state index in [1.165, 1.54) is 6.21 Å². The van der Waals surface area contributed by atoms with E-state index < -0.39 is 0 Å².